The molecular formula is C20H22N2O3S. The van der Waals surface area contributed by atoms with Crippen LogP contribution in [0.25, 0.3) is 22.6 Å². The molecule has 1 heterocycles. The zero-order valence-electron chi connectivity index (χ0n) is 14.8. The number of sulfonamides is 1. The van der Waals surface area contributed by atoms with E-state index in [1.165, 1.54) is 10.7 Å². The monoisotopic (exact) mass is 370 g/mol. The number of nitrogens with zero attached hydrogens (tertiary/aromatic N) is 2. The average molecular weight is 370 g/mol. The van der Waals surface area contributed by atoms with Crippen molar-refractivity contribution in [2.45, 2.75) is 43.0 Å². The predicted octanol–water partition coefficient (Wildman–Crippen LogP) is 4.45. The fourth-order valence-electron chi connectivity index (χ4n) is 3.59. The Bertz CT molecular complexity index is 987. The van der Waals surface area contributed by atoms with Crippen LogP contribution in [0.1, 0.15) is 32.1 Å². The Morgan fingerprint density at radius 3 is 2.58 bits per heavy atom. The summed E-state index contributed by atoms with van der Waals surface area (Å²) in [4.78, 5) is 4.75. The van der Waals surface area contributed by atoms with Gasteiger partial charge in [0.15, 0.2) is 5.58 Å². The van der Waals surface area contributed by atoms with Crippen molar-refractivity contribution >= 4 is 21.1 Å². The maximum atomic E-state index is 13.1. The van der Waals surface area contributed by atoms with Crippen LogP contribution in [-0.4, -0.2) is 30.8 Å². The molecule has 4 rings (SSSR count). The molecule has 5 nitrogen and oxygen atoms in total. The summed E-state index contributed by atoms with van der Waals surface area (Å²) in [5, 5.41) is 0. The van der Waals surface area contributed by atoms with Gasteiger partial charge in [-0.3, -0.25) is 0 Å². The highest BCUT2D eigenvalue weighted by Gasteiger charge is 2.29. The summed E-state index contributed by atoms with van der Waals surface area (Å²) < 4.78 is 33.4. The highest BCUT2D eigenvalue weighted by molar-refractivity contribution is 7.89. The molecule has 0 bridgehead atoms. The van der Waals surface area contributed by atoms with Crippen LogP contribution in [0.15, 0.2) is 57.8 Å². The molecule has 1 aliphatic carbocycles. The number of para-hydroxylation sites is 2. The minimum absolute atomic E-state index is 0.0849. The van der Waals surface area contributed by atoms with Gasteiger partial charge in [-0.05, 0) is 43.2 Å². The Morgan fingerprint density at radius 2 is 1.81 bits per heavy atom. The molecular weight excluding hydrogens is 348 g/mol. The molecule has 1 saturated carbocycles. The van der Waals surface area contributed by atoms with Gasteiger partial charge in [-0.25, -0.2) is 13.4 Å². The number of fused-ring (bicyclic) bond motifs is 1. The molecule has 0 amide bonds. The van der Waals surface area contributed by atoms with Crippen molar-refractivity contribution in [3.8, 4) is 11.5 Å². The van der Waals surface area contributed by atoms with Crippen LogP contribution >= 0.6 is 0 Å². The first-order valence-corrected chi connectivity index (χ1v) is 10.4. The SMILES string of the molecule is CN(C1CCCCC1)S(=O)(=O)c1cccc(-c2nc3ccccc3o2)c1. The van der Waals surface area contributed by atoms with E-state index in [0.29, 0.717) is 17.0 Å². The molecule has 6 heteroatoms. The van der Waals surface area contributed by atoms with Crippen LogP contribution in [0.3, 0.4) is 0 Å². The second-order valence-corrected chi connectivity index (χ2v) is 8.83. The summed E-state index contributed by atoms with van der Waals surface area (Å²) in [6, 6.07) is 14.5. The molecule has 26 heavy (non-hydrogen) atoms. The van der Waals surface area contributed by atoms with Gasteiger partial charge in [0.1, 0.15) is 5.52 Å². The van der Waals surface area contributed by atoms with Gasteiger partial charge in [-0.1, -0.05) is 37.5 Å². The zero-order chi connectivity index (χ0) is 18.1. The summed E-state index contributed by atoms with van der Waals surface area (Å²) in [7, 11) is -1.84. The van der Waals surface area contributed by atoms with Crippen LogP contribution in [-0.2, 0) is 10.0 Å². The summed E-state index contributed by atoms with van der Waals surface area (Å²) in [6.07, 6.45) is 5.24. The highest BCUT2D eigenvalue weighted by Crippen LogP contribution is 2.29. The van der Waals surface area contributed by atoms with E-state index in [4.69, 9.17) is 4.42 Å². The van der Waals surface area contributed by atoms with E-state index in [2.05, 4.69) is 4.98 Å². The maximum absolute atomic E-state index is 13.1. The van der Waals surface area contributed by atoms with Crippen LogP contribution in [0, 0.1) is 0 Å². The molecule has 3 aromatic rings. The second-order valence-electron chi connectivity index (χ2n) is 6.83. The molecule has 1 aromatic heterocycles. The third-order valence-electron chi connectivity index (χ3n) is 5.14. The molecule has 0 N–H and O–H groups in total. The molecule has 0 atom stereocenters. The van der Waals surface area contributed by atoms with E-state index in [0.717, 1.165) is 31.2 Å². The third kappa shape index (κ3) is 3.15. The largest absolute Gasteiger partial charge is 0.436 e. The molecule has 136 valence electrons. The zero-order valence-corrected chi connectivity index (χ0v) is 15.6. The van der Waals surface area contributed by atoms with Crippen molar-refractivity contribution in [3.63, 3.8) is 0 Å². The maximum Gasteiger partial charge on any atom is 0.243 e. The first-order valence-electron chi connectivity index (χ1n) is 9.00. The van der Waals surface area contributed by atoms with E-state index in [-0.39, 0.29) is 10.9 Å². The van der Waals surface area contributed by atoms with E-state index in [9.17, 15) is 8.42 Å². The van der Waals surface area contributed by atoms with Gasteiger partial charge < -0.3 is 4.42 Å². The van der Waals surface area contributed by atoms with Crippen molar-refractivity contribution < 1.29 is 12.8 Å². The van der Waals surface area contributed by atoms with Crippen molar-refractivity contribution in [2.75, 3.05) is 7.05 Å². The second kappa shape index (κ2) is 6.85. The summed E-state index contributed by atoms with van der Waals surface area (Å²) in [6.45, 7) is 0. The highest BCUT2D eigenvalue weighted by atomic mass is 32.2. The van der Waals surface area contributed by atoms with Gasteiger partial charge in [-0.2, -0.15) is 4.31 Å². The fourth-order valence-corrected chi connectivity index (χ4v) is 5.05. The first kappa shape index (κ1) is 17.2. The number of rotatable bonds is 4. The molecule has 0 unspecified atom stereocenters. The van der Waals surface area contributed by atoms with Crippen molar-refractivity contribution in [1.82, 2.24) is 9.29 Å². The predicted molar refractivity (Wildman–Crippen MR) is 101 cm³/mol. The summed E-state index contributed by atoms with van der Waals surface area (Å²) >= 11 is 0. The topological polar surface area (TPSA) is 63.4 Å². The Labute approximate surface area is 153 Å². The first-order chi connectivity index (χ1) is 12.6. The Morgan fingerprint density at radius 1 is 1.04 bits per heavy atom. The van der Waals surface area contributed by atoms with Crippen molar-refractivity contribution in [2.24, 2.45) is 0 Å². The summed E-state index contributed by atoms with van der Waals surface area (Å²) in [5.41, 5.74) is 2.12. The molecule has 2 aromatic carbocycles. The molecule has 1 fully saturated rings. The Balaban J connectivity index is 1.68. The van der Waals surface area contributed by atoms with Crippen LogP contribution < -0.4 is 0 Å². The number of aromatic nitrogens is 1. The van der Waals surface area contributed by atoms with Gasteiger partial charge in [-0.15, -0.1) is 0 Å². The Kier molecular flexibility index (Phi) is 4.54. The molecule has 0 radical (unpaired) electrons. The van der Waals surface area contributed by atoms with E-state index in [1.54, 1.807) is 25.2 Å². The van der Waals surface area contributed by atoms with Crippen LogP contribution in [0.5, 0.6) is 0 Å². The summed E-state index contributed by atoms with van der Waals surface area (Å²) in [5.74, 6) is 0.434. The van der Waals surface area contributed by atoms with Crippen molar-refractivity contribution in [1.29, 1.82) is 0 Å². The van der Waals surface area contributed by atoms with Gasteiger partial charge in [0.05, 0.1) is 4.90 Å². The number of benzene rings is 2. The normalized spacial score (nSPS) is 16.4. The minimum atomic E-state index is -3.54. The van der Waals surface area contributed by atoms with Crippen LogP contribution in [0.4, 0.5) is 0 Å². The lowest BCUT2D eigenvalue weighted by atomic mass is 9.96. The lowest BCUT2D eigenvalue weighted by Gasteiger charge is -2.30. The quantitative estimate of drug-likeness (QED) is 0.681. The van der Waals surface area contributed by atoms with Crippen molar-refractivity contribution in [3.05, 3.63) is 48.5 Å². The fraction of sp³-hybridized carbons (Fsp3) is 0.350. The van der Waals surface area contributed by atoms with Gasteiger partial charge in [0, 0.05) is 18.7 Å². The Hall–Kier alpha value is -2.18. The molecule has 1 aliphatic rings. The number of hydrogen-bond donors (Lipinski definition) is 0. The molecule has 0 saturated heterocycles. The van der Waals surface area contributed by atoms with E-state index >= 15 is 0 Å². The lowest BCUT2D eigenvalue weighted by molar-refractivity contribution is 0.286. The third-order valence-corrected chi connectivity index (χ3v) is 7.05. The van der Waals surface area contributed by atoms with Gasteiger partial charge in [0.25, 0.3) is 0 Å². The van der Waals surface area contributed by atoms with E-state index in [1.807, 2.05) is 30.3 Å². The van der Waals surface area contributed by atoms with Crippen LogP contribution in [0.2, 0.25) is 0 Å². The smallest absolute Gasteiger partial charge is 0.243 e. The number of hydrogen-bond acceptors (Lipinski definition) is 4. The molecule has 0 aliphatic heterocycles. The average Bonchev–Trinajstić information content (AvgIpc) is 3.12. The standard InChI is InChI=1S/C20H22N2O3S/c1-22(16-9-3-2-4-10-16)26(23,24)17-11-7-8-15(14-17)20-21-18-12-5-6-13-19(18)25-20/h5-8,11-14,16H,2-4,9-10H2,1H3. The van der Waals surface area contributed by atoms with E-state index < -0.39 is 10.0 Å². The molecule has 0 spiro atoms. The minimum Gasteiger partial charge on any atom is -0.436 e. The van der Waals surface area contributed by atoms with Gasteiger partial charge >= 0.3 is 0 Å². The lowest BCUT2D eigenvalue weighted by Crippen LogP contribution is -2.38. The number of oxazole rings is 1. The van der Waals surface area contributed by atoms with Gasteiger partial charge in [0.2, 0.25) is 15.9 Å².